The van der Waals surface area contributed by atoms with Crippen molar-refractivity contribution in [3.05, 3.63) is 60.7 Å². The van der Waals surface area contributed by atoms with Crippen molar-refractivity contribution in [3.63, 3.8) is 0 Å². The minimum absolute atomic E-state index is 0.222. The Bertz CT molecular complexity index is 558. The highest BCUT2D eigenvalue weighted by Gasteiger charge is 2.16. The fourth-order valence-corrected chi connectivity index (χ4v) is 2.24. The van der Waals surface area contributed by atoms with Gasteiger partial charge in [0.2, 0.25) is 0 Å². The Hall–Kier alpha value is -2.22. The van der Waals surface area contributed by atoms with Crippen LogP contribution in [0.1, 0.15) is 11.1 Å². The summed E-state index contributed by atoms with van der Waals surface area (Å²) >= 11 is 0. The number of hydrogen-bond donors (Lipinski definition) is 2. The van der Waals surface area contributed by atoms with Crippen LogP contribution in [-0.4, -0.2) is 10.2 Å². The fraction of sp³-hybridized carbons (Fsp3) is 0.125. The van der Waals surface area contributed by atoms with Gasteiger partial charge in [-0.15, -0.1) is 13.2 Å². The molecule has 2 N–H and O–H groups in total. The molecule has 2 rings (SSSR count). The molecule has 2 nitrogen and oxygen atoms in total. The summed E-state index contributed by atoms with van der Waals surface area (Å²) in [7, 11) is 0. The zero-order valence-corrected chi connectivity index (χ0v) is 10.2. The van der Waals surface area contributed by atoms with Gasteiger partial charge < -0.3 is 10.2 Å². The highest BCUT2D eigenvalue weighted by atomic mass is 16.3. The molecule has 0 unspecified atom stereocenters. The normalized spacial score (nSPS) is 10.4. The predicted molar refractivity (Wildman–Crippen MR) is 75.1 cm³/mol. The van der Waals surface area contributed by atoms with Crippen molar-refractivity contribution in [2.24, 2.45) is 0 Å². The van der Waals surface area contributed by atoms with Crippen molar-refractivity contribution in [1.82, 2.24) is 0 Å². The largest absolute Gasteiger partial charge is 0.507 e. The Morgan fingerprint density at radius 1 is 0.833 bits per heavy atom. The first-order valence-corrected chi connectivity index (χ1v) is 5.86. The fourth-order valence-electron chi connectivity index (χ4n) is 2.24. The van der Waals surface area contributed by atoms with Crippen LogP contribution in [-0.2, 0) is 12.8 Å². The smallest absolute Gasteiger partial charge is 0.127 e. The summed E-state index contributed by atoms with van der Waals surface area (Å²) in [6.07, 6.45) is 4.48. The molecule has 0 aliphatic rings. The monoisotopic (exact) mass is 240 g/mol. The van der Waals surface area contributed by atoms with Crippen LogP contribution in [0.2, 0.25) is 0 Å². The number of rotatable bonds is 4. The number of aromatic hydroxyl groups is 2. The topological polar surface area (TPSA) is 40.5 Å². The van der Waals surface area contributed by atoms with E-state index in [0.29, 0.717) is 23.6 Å². The van der Waals surface area contributed by atoms with Crippen molar-refractivity contribution in [3.8, 4) is 11.5 Å². The van der Waals surface area contributed by atoms with E-state index >= 15 is 0 Å². The van der Waals surface area contributed by atoms with Gasteiger partial charge in [0.1, 0.15) is 11.5 Å². The molecule has 2 aromatic rings. The van der Waals surface area contributed by atoms with Gasteiger partial charge >= 0.3 is 0 Å². The maximum atomic E-state index is 10.3. The third kappa shape index (κ3) is 1.86. The highest BCUT2D eigenvalue weighted by Crippen LogP contribution is 2.40. The molecule has 0 bridgehead atoms. The summed E-state index contributed by atoms with van der Waals surface area (Å²) in [5, 5.41) is 22.0. The molecule has 0 aliphatic carbocycles. The summed E-state index contributed by atoms with van der Waals surface area (Å²) < 4.78 is 0. The second-order valence-corrected chi connectivity index (χ2v) is 4.19. The Labute approximate surface area is 107 Å². The van der Waals surface area contributed by atoms with E-state index in [2.05, 4.69) is 13.2 Å². The van der Waals surface area contributed by atoms with E-state index in [1.54, 1.807) is 24.3 Å². The molecule has 0 aliphatic heterocycles. The molecule has 0 fully saturated rings. The summed E-state index contributed by atoms with van der Waals surface area (Å²) in [6, 6.07) is 7.28. The van der Waals surface area contributed by atoms with Gasteiger partial charge in [0, 0.05) is 21.9 Å². The average Bonchev–Trinajstić information content (AvgIpc) is 2.40. The van der Waals surface area contributed by atoms with Crippen LogP contribution in [0, 0.1) is 0 Å². The van der Waals surface area contributed by atoms with E-state index < -0.39 is 0 Å². The number of allylic oxidation sites excluding steroid dienone is 2. The Kier molecular flexibility index (Phi) is 3.38. The number of phenols is 2. The molecule has 0 saturated heterocycles. The molecule has 18 heavy (non-hydrogen) atoms. The first-order chi connectivity index (χ1) is 8.70. The van der Waals surface area contributed by atoms with Crippen molar-refractivity contribution < 1.29 is 10.2 Å². The van der Waals surface area contributed by atoms with E-state index in [-0.39, 0.29) is 11.5 Å². The Morgan fingerprint density at radius 3 is 1.56 bits per heavy atom. The second kappa shape index (κ2) is 4.96. The third-order valence-corrected chi connectivity index (χ3v) is 3.07. The van der Waals surface area contributed by atoms with E-state index in [4.69, 9.17) is 0 Å². The number of hydrogen-bond acceptors (Lipinski definition) is 2. The summed E-state index contributed by atoms with van der Waals surface area (Å²) in [5.41, 5.74) is 1.45. The Balaban J connectivity index is 2.85. The van der Waals surface area contributed by atoms with Gasteiger partial charge in [-0.3, -0.25) is 0 Å². The standard InChI is InChI=1S/C16H16O2/c1-3-7-11-12(8-4-2)16(18)14-10-6-5-9-13(14)15(11)17/h3-6,9-10,17-18H,1-2,7-8H2. The Morgan fingerprint density at radius 2 is 1.22 bits per heavy atom. The molecular formula is C16H16O2. The third-order valence-electron chi connectivity index (χ3n) is 3.07. The average molecular weight is 240 g/mol. The van der Waals surface area contributed by atoms with Crippen LogP contribution in [0.25, 0.3) is 10.8 Å². The number of phenolic OH excluding ortho intramolecular Hbond substituents is 2. The lowest BCUT2D eigenvalue weighted by atomic mass is 9.94. The van der Waals surface area contributed by atoms with Crippen molar-refractivity contribution >= 4 is 10.8 Å². The molecular weight excluding hydrogens is 224 g/mol. The van der Waals surface area contributed by atoms with Crippen molar-refractivity contribution in [1.29, 1.82) is 0 Å². The van der Waals surface area contributed by atoms with Crippen molar-refractivity contribution in [2.45, 2.75) is 12.8 Å². The van der Waals surface area contributed by atoms with Gasteiger partial charge in [-0.05, 0) is 12.8 Å². The number of fused-ring (bicyclic) bond motifs is 1. The van der Waals surface area contributed by atoms with Crippen LogP contribution in [0.5, 0.6) is 11.5 Å². The maximum absolute atomic E-state index is 10.3. The van der Waals surface area contributed by atoms with Crippen LogP contribution in [0.3, 0.4) is 0 Å². The second-order valence-electron chi connectivity index (χ2n) is 4.19. The first-order valence-electron chi connectivity index (χ1n) is 5.86. The lowest BCUT2D eigenvalue weighted by Crippen LogP contribution is -1.95. The first kappa shape index (κ1) is 12.2. The van der Waals surface area contributed by atoms with E-state index in [1.807, 2.05) is 12.1 Å². The molecule has 0 amide bonds. The van der Waals surface area contributed by atoms with Gasteiger partial charge in [0.25, 0.3) is 0 Å². The minimum atomic E-state index is 0.222. The predicted octanol–water partition coefficient (Wildman–Crippen LogP) is 3.71. The van der Waals surface area contributed by atoms with Gasteiger partial charge in [-0.1, -0.05) is 36.4 Å². The maximum Gasteiger partial charge on any atom is 0.127 e. The molecule has 0 radical (unpaired) electrons. The molecule has 0 heterocycles. The zero-order valence-electron chi connectivity index (χ0n) is 10.2. The number of benzene rings is 2. The highest BCUT2D eigenvalue weighted by molar-refractivity contribution is 5.95. The molecule has 0 atom stereocenters. The molecule has 92 valence electrons. The SMILES string of the molecule is C=CCc1c(CC=C)c(O)c2ccccc2c1O. The van der Waals surface area contributed by atoms with Gasteiger partial charge in [-0.2, -0.15) is 0 Å². The van der Waals surface area contributed by atoms with Gasteiger partial charge in [0.15, 0.2) is 0 Å². The zero-order chi connectivity index (χ0) is 13.1. The van der Waals surface area contributed by atoms with Gasteiger partial charge in [0.05, 0.1) is 0 Å². The molecule has 2 heteroatoms. The quantitative estimate of drug-likeness (QED) is 0.631. The van der Waals surface area contributed by atoms with Crippen LogP contribution in [0.4, 0.5) is 0 Å². The summed E-state index contributed by atoms with van der Waals surface area (Å²) in [4.78, 5) is 0. The lowest BCUT2D eigenvalue weighted by molar-refractivity contribution is 0.460. The minimum Gasteiger partial charge on any atom is -0.507 e. The lowest BCUT2D eigenvalue weighted by Gasteiger charge is -2.14. The van der Waals surface area contributed by atoms with E-state index in [0.717, 1.165) is 11.1 Å². The van der Waals surface area contributed by atoms with Crippen LogP contribution >= 0.6 is 0 Å². The molecule has 0 saturated carbocycles. The van der Waals surface area contributed by atoms with E-state index in [9.17, 15) is 10.2 Å². The van der Waals surface area contributed by atoms with Crippen LogP contribution < -0.4 is 0 Å². The van der Waals surface area contributed by atoms with Gasteiger partial charge in [-0.25, -0.2) is 0 Å². The molecule has 0 spiro atoms. The van der Waals surface area contributed by atoms with Crippen molar-refractivity contribution in [2.75, 3.05) is 0 Å². The molecule has 0 aromatic heterocycles. The molecule has 2 aromatic carbocycles. The summed E-state index contributed by atoms with van der Waals surface area (Å²) in [5.74, 6) is 0.445. The van der Waals surface area contributed by atoms with Crippen LogP contribution in [0.15, 0.2) is 49.6 Å². The van der Waals surface area contributed by atoms with E-state index in [1.165, 1.54) is 0 Å². The summed E-state index contributed by atoms with van der Waals surface area (Å²) in [6.45, 7) is 7.38.